The Kier molecular flexibility index (Phi) is 6.02. The molecule has 1 amide bonds. The summed E-state index contributed by atoms with van der Waals surface area (Å²) in [5.41, 5.74) is 1.41. The van der Waals surface area contributed by atoms with E-state index in [9.17, 15) is 4.79 Å². The zero-order valence-corrected chi connectivity index (χ0v) is 15.8. The van der Waals surface area contributed by atoms with Gasteiger partial charge in [0.1, 0.15) is 5.60 Å². The summed E-state index contributed by atoms with van der Waals surface area (Å²) in [6.07, 6.45) is -0.436. The Hall–Kier alpha value is -1.85. The summed E-state index contributed by atoms with van der Waals surface area (Å²) < 4.78 is 5.25. The van der Waals surface area contributed by atoms with Gasteiger partial charge in [-0.15, -0.1) is 11.3 Å². The summed E-state index contributed by atoms with van der Waals surface area (Å²) >= 11 is 1.81. The number of hydrogen-bond acceptors (Lipinski definition) is 4. The van der Waals surface area contributed by atoms with Gasteiger partial charge in [-0.25, -0.2) is 4.79 Å². The molecule has 1 atom stereocenters. The molecule has 0 aliphatic carbocycles. The average Bonchev–Trinajstić information content (AvgIpc) is 2.89. The van der Waals surface area contributed by atoms with E-state index < -0.39 is 11.7 Å². The van der Waals surface area contributed by atoms with E-state index in [0.717, 1.165) is 12.2 Å². The van der Waals surface area contributed by atoms with Gasteiger partial charge < -0.3 is 10.1 Å². The molecule has 1 unspecified atom stereocenters. The summed E-state index contributed by atoms with van der Waals surface area (Å²) in [5, 5.41) is 6.26. The molecule has 1 heterocycles. The molecule has 2 N–H and O–H groups in total. The van der Waals surface area contributed by atoms with Gasteiger partial charge in [-0.2, -0.15) is 0 Å². The van der Waals surface area contributed by atoms with Crippen LogP contribution < -0.4 is 10.6 Å². The maximum Gasteiger partial charge on any atom is 0.412 e. The van der Waals surface area contributed by atoms with Crippen LogP contribution in [-0.2, 0) is 11.3 Å². The second kappa shape index (κ2) is 7.81. The fraction of sp³-hybridized carbons (Fsp3) is 0.421. The van der Waals surface area contributed by atoms with Crippen molar-refractivity contribution in [2.75, 3.05) is 5.32 Å². The van der Waals surface area contributed by atoms with E-state index in [1.807, 2.05) is 56.4 Å². The van der Waals surface area contributed by atoms with Crippen LogP contribution >= 0.6 is 11.3 Å². The highest BCUT2D eigenvalue weighted by Crippen LogP contribution is 2.19. The lowest BCUT2D eigenvalue weighted by atomic mass is 10.1. The minimum atomic E-state index is -0.497. The third-order valence-electron chi connectivity index (χ3n) is 3.43. The SMILES string of the molecule is Cc1ccc(CNC(C)c2ccc(NC(=O)OC(C)(C)C)cc2)s1. The number of aryl methyl sites for hydroxylation is 1. The van der Waals surface area contributed by atoms with Crippen LogP contribution in [0, 0.1) is 6.92 Å². The summed E-state index contributed by atoms with van der Waals surface area (Å²) in [5.74, 6) is 0. The topological polar surface area (TPSA) is 50.4 Å². The van der Waals surface area contributed by atoms with Crippen LogP contribution in [0.4, 0.5) is 10.5 Å². The first-order valence-electron chi connectivity index (χ1n) is 8.11. The van der Waals surface area contributed by atoms with Gasteiger partial charge in [0.25, 0.3) is 0 Å². The first-order valence-corrected chi connectivity index (χ1v) is 8.93. The van der Waals surface area contributed by atoms with Gasteiger partial charge in [-0.1, -0.05) is 12.1 Å². The molecule has 130 valence electrons. The molecular formula is C19H26N2O2S. The second-order valence-corrected chi connectivity index (χ2v) is 8.24. The Labute approximate surface area is 148 Å². The summed E-state index contributed by atoms with van der Waals surface area (Å²) in [7, 11) is 0. The number of ether oxygens (including phenoxy) is 1. The summed E-state index contributed by atoms with van der Waals surface area (Å²) in [6.45, 7) is 10.6. The van der Waals surface area contributed by atoms with E-state index in [2.05, 4.69) is 36.6 Å². The fourth-order valence-electron chi connectivity index (χ4n) is 2.23. The molecule has 5 heteroatoms. The molecule has 0 saturated carbocycles. The van der Waals surface area contributed by atoms with E-state index >= 15 is 0 Å². The third-order valence-corrected chi connectivity index (χ3v) is 4.44. The van der Waals surface area contributed by atoms with Crippen molar-refractivity contribution in [3.8, 4) is 0 Å². The van der Waals surface area contributed by atoms with Crippen LogP contribution in [-0.4, -0.2) is 11.7 Å². The summed E-state index contributed by atoms with van der Waals surface area (Å²) in [4.78, 5) is 14.4. The second-order valence-electron chi connectivity index (χ2n) is 6.86. The van der Waals surface area contributed by atoms with E-state index in [1.54, 1.807) is 0 Å². The molecule has 0 spiro atoms. The Bertz CT molecular complexity index is 671. The van der Waals surface area contributed by atoms with Crippen LogP contribution in [0.25, 0.3) is 0 Å². The fourth-order valence-corrected chi connectivity index (χ4v) is 3.07. The first-order chi connectivity index (χ1) is 11.2. The van der Waals surface area contributed by atoms with Crippen molar-refractivity contribution in [2.45, 2.75) is 52.8 Å². The molecule has 0 aliphatic rings. The van der Waals surface area contributed by atoms with Gasteiger partial charge in [-0.3, -0.25) is 5.32 Å². The Morgan fingerprint density at radius 3 is 2.38 bits per heavy atom. The Morgan fingerprint density at radius 1 is 1.17 bits per heavy atom. The highest BCUT2D eigenvalue weighted by atomic mass is 32.1. The van der Waals surface area contributed by atoms with Gasteiger partial charge in [0.05, 0.1) is 0 Å². The normalized spacial score (nSPS) is 12.7. The molecule has 0 aliphatic heterocycles. The first kappa shape index (κ1) is 18.5. The standard InChI is InChI=1S/C19H26N2O2S/c1-13-6-11-17(24-13)12-20-14(2)15-7-9-16(10-8-15)21-18(22)23-19(3,4)5/h6-11,14,20H,12H2,1-5H3,(H,21,22). The number of benzene rings is 1. The van der Waals surface area contributed by atoms with Gasteiger partial charge in [0.2, 0.25) is 0 Å². The predicted octanol–water partition coefficient (Wildman–Crippen LogP) is 5.25. The summed E-state index contributed by atoms with van der Waals surface area (Å²) in [6, 6.07) is 12.4. The van der Waals surface area contributed by atoms with Crippen LogP contribution in [0.2, 0.25) is 0 Å². The minimum Gasteiger partial charge on any atom is -0.444 e. The maximum atomic E-state index is 11.8. The molecule has 4 nitrogen and oxygen atoms in total. The number of amides is 1. The van der Waals surface area contributed by atoms with Crippen LogP contribution in [0.3, 0.4) is 0 Å². The van der Waals surface area contributed by atoms with Crippen molar-refractivity contribution in [2.24, 2.45) is 0 Å². The van der Waals surface area contributed by atoms with Crippen molar-refractivity contribution < 1.29 is 9.53 Å². The zero-order valence-electron chi connectivity index (χ0n) is 15.0. The van der Waals surface area contributed by atoms with E-state index in [0.29, 0.717) is 0 Å². The molecule has 0 saturated heterocycles. The molecule has 2 rings (SSSR count). The Balaban J connectivity index is 1.87. The van der Waals surface area contributed by atoms with Crippen molar-refractivity contribution in [1.29, 1.82) is 0 Å². The molecule has 24 heavy (non-hydrogen) atoms. The van der Waals surface area contributed by atoms with Crippen LogP contribution in [0.1, 0.15) is 49.1 Å². The van der Waals surface area contributed by atoms with Gasteiger partial charge in [-0.05, 0) is 64.4 Å². The van der Waals surface area contributed by atoms with Gasteiger partial charge in [0, 0.05) is 28.0 Å². The Morgan fingerprint density at radius 2 is 1.83 bits per heavy atom. The quantitative estimate of drug-likeness (QED) is 0.777. The lowest BCUT2D eigenvalue weighted by Crippen LogP contribution is -2.27. The molecule has 0 radical (unpaired) electrons. The predicted molar refractivity (Wildman–Crippen MR) is 101 cm³/mol. The van der Waals surface area contributed by atoms with E-state index in [-0.39, 0.29) is 6.04 Å². The van der Waals surface area contributed by atoms with Gasteiger partial charge in [0.15, 0.2) is 0 Å². The largest absolute Gasteiger partial charge is 0.444 e. The molecule has 2 aromatic rings. The molecule has 1 aromatic carbocycles. The number of thiophene rings is 1. The van der Waals surface area contributed by atoms with Crippen molar-refractivity contribution in [3.05, 3.63) is 51.7 Å². The average molecular weight is 346 g/mol. The smallest absolute Gasteiger partial charge is 0.412 e. The van der Waals surface area contributed by atoms with E-state index in [4.69, 9.17) is 4.74 Å². The molecular weight excluding hydrogens is 320 g/mol. The van der Waals surface area contributed by atoms with Crippen molar-refractivity contribution in [3.63, 3.8) is 0 Å². The van der Waals surface area contributed by atoms with E-state index in [1.165, 1.54) is 15.3 Å². The highest BCUT2D eigenvalue weighted by molar-refractivity contribution is 7.11. The maximum absolute atomic E-state index is 11.8. The number of carbonyl (C=O) groups excluding carboxylic acids is 1. The lowest BCUT2D eigenvalue weighted by Gasteiger charge is -2.20. The number of nitrogens with one attached hydrogen (secondary N) is 2. The number of hydrogen-bond donors (Lipinski definition) is 2. The zero-order chi connectivity index (χ0) is 17.7. The monoisotopic (exact) mass is 346 g/mol. The van der Waals surface area contributed by atoms with Gasteiger partial charge >= 0.3 is 6.09 Å². The number of anilines is 1. The lowest BCUT2D eigenvalue weighted by molar-refractivity contribution is 0.0636. The molecule has 0 fully saturated rings. The highest BCUT2D eigenvalue weighted by Gasteiger charge is 2.16. The van der Waals surface area contributed by atoms with Crippen molar-refractivity contribution in [1.82, 2.24) is 5.32 Å². The van der Waals surface area contributed by atoms with Crippen molar-refractivity contribution >= 4 is 23.1 Å². The molecule has 0 bridgehead atoms. The van der Waals surface area contributed by atoms with Crippen LogP contribution in [0.15, 0.2) is 36.4 Å². The number of rotatable bonds is 5. The minimum absolute atomic E-state index is 0.239. The molecule has 1 aromatic heterocycles. The third kappa shape index (κ3) is 5.98. The number of carbonyl (C=O) groups is 1. The van der Waals surface area contributed by atoms with Crippen LogP contribution in [0.5, 0.6) is 0 Å².